The first-order valence-corrected chi connectivity index (χ1v) is 12.9. The molecule has 6 heteroatoms. The molecular formula is C26H52LiNaO4. The van der Waals surface area contributed by atoms with Gasteiger partial charge in [-0.2, -0.15) is 0 Å². The molecule has 1 unspecified atom stereocenters. The molecule has 0 aliphatic heterocycles. The number of unbranched alkanes of at least 4 members (excludes halogenated alkanes) is 15. The zero-order valence-electron chi connectivity index (χ0n) is 20.3. The van der Waals surface area contributed by atoms with Crippen molar-refractivity contribution in [3.63, 3.8) is 0 Å². The first kappa shape index (κ1) is 37.1. The molecule has 0 saturated heterocycles. The van der Waals surface area contributed by atoms with E-state index in [1.165, 1.54) is 83.5 Å². The van der Waals surface area contributed by atoms with Crippen LogP contribution in [0, 0.1) is 0 Å². The maximum absolute atomic E-state index is 12.0. The van der Waals surface area contributed by atoms with Gasteiger partial charge < -0.3 is 9.84 Å². The van der Waals surface area contributed by atoms with E-state index in [4.69, 9.17) is 9.84 Å². The summed E-state index contributed by atoms with van der Waals surface area (Å²) in [6.07, 6.45) is 22.5. The first-order chi connectivity index (χ1) is 14.4. The zero-order chi connectivity index (χ0) is 22.5. The van der Waals surface area contributed by atoms with E-state index in [-0.39, 0.29) is 48.4 Å². The summed E-state index contributed by atoms with van der Waals surface area (Å²) in [7, 11) is 0. The van der Waals surface area contributed by atoms with Gasteiger partial charge in [-0.15, -0.1) is 0 Å². The normalized spacial score (nSPS) is 12.3. The molecule has 182 valence electrons. The molecule has 0 aromatic heterocycles. The third-order valence-corrected chi connectivity index (χ3v) is 6.02. The molecule has 0 fully saturated rings. The Morgan fingerprint density at radius 3 is 1.28 bits per heavy atom. The van der Waals surface area contributed by atoms with Crippen LogP contribution in [0.5, 0.6) is 0 Å². The van der Waals surface area contributed by atoms with E-state index in [1.807, 2.05) is 6.92 Å². The summed E-state index contributed by atoms with van der Waals surface area (Å²) in [6, 6.07) is 0. The number of esters is 1. The van der Waals surface area contributed by atoms with E-state index >= 15 is 0 Å². The molecule has 0 heterocycles. The Morgan fingerprint density at radius 2 is 0.969 bits per heavy atom. The fourth-order valence-electron chi connectivity index (χ4n) is 4.10. The van der Waals surface area contributed by atoms with Crippen LogP contribution in [-0.4, -0.2) is 71.1 Å². The van der Waals surface area contributed by atoms with Gasteiger partial charge in [0.1, 0.15) is 12.0 Å². The summed E-state index contributed by atoms with van der Waals surface area (Å²) in [5.74, 6) is -1.71. The first-order valence-electron chi connectivity index (χ1n) is 12.9. The molecule has 0 radical (unpaired) electrons. The van der Waals surface area contributed by atoms with E-state index in [0.29, 0.717) is 0 Å². The van der Waals surface area contributed by atoms with Gasteiger partial charge in [0.15, 0.2) is 0 Å². The molecule has 0 amide bonds. The summed E-state index contributed by atoms with van der Waals surface area (Å²) in [4.78, 5) is 22.8. The van der Waals surface area contributed by atoms with Crippen molar-refractivity contribution in [3.8, 4) is 0 Å². The van der Waals surface area contributed by atoms with Crippen molar-refractivity contribution in [3.05, 3.63) is 0 Å². The van der Waals surface area contributed by atoms with Crippen LogP contribution < -0.4 is 0 Å². The van der Waals surface area contributed by atoms with Crippen LogP contribution >= 0.6 is 0 Å². The summed E-state index contributed by atoms with van der Waals surface area (Å²) in [5, 5.41) is 8.86. The van der Waals surface area contributed by atoms with Crippen molar-refractivity contribution < 1.29 is 19.4 Å². The molecule has 0 aliphatic rings. The Labute approximate surface area is 233 Å². The summed E-state index contributed by atoms with van der Waals surface area (Å²) in [5.41, 5.74) is -0.518. The monoisotopic (exact) mass is 458 g/mol. The van der Waals surface area contributed by atoms with E-state index in [9.17, 15) is 9.59 Å². The maximum atomic E-state index is 12.0. The van der Waals surface area contributed by atoms with Gasteiger partial charge in [-0.1, -0.05) is 110 Å². The van der Waals surface area contributed by atoms with Gasteiger partial charge in [0.25, 0.3) is 0 Å². The molecule has 32 heavy (non-hydrogen) atoms. The third-order valence-electron chi connectivity index (χ3n) is 6.02. The summed E-state index contributed by atoms with van der Waals surface area (Å²) < 4.78 is 5.66. The number of rotatable bonds is 22. The molecule has 4 nitrogen and oxygen atoms in total. The van der Waals surface area contributed by atoms with E-state index in [2.05, 4.69) is 13.8 Å². The Bertz CT molecular complexity index is 434. The number of aliphatic carboxylic acids is 1. The standard InChI is InChI=1S/C26H50O4.Li.Na.2H/c1-4-6-8-10-12-13-14-16-18-20-22-26(3,30-25(29)23-24(27)28)21-19-17-15-11-9-7-5-2;;;;/h4-23H2,1-3H3,(H,27,28);;;;. The van der Waals surface area contributed by atoms with Gasteiger partial charge in [-0.3, -0.25) is 9.59 Å². The van der Waals surface area contributed by atoms with Gasteiger partial charge in [0.05, 0.1) is 0 Å². The van der Waals surface area contributed by atoms with E-state index in [1.54, 1.807) is 0 Å². The fraction of sp³-hybridized carbons (Fsp3) is 0.923. The molecule has 0 aliphatic carbocycles. The van der Waals surface area contributed by atoms with Crippen molar-refractivity contribution in [2.45, 2.75) is 155 Å². The van der Waals surface area contributed by atoms with Crippen LogP contribution in [0.25, 0.3) is 0 Å². The van der Waals surface area contributed by atoms with E-state index < -0.39 is 24.0 Å². The van der Waals surface area contributed by atoms with Crippen LogP contribution in [0.4, 0.5) is 0 Å². The molecule has 0 saturated carbocycles. The van der Waals surface area contributed by atoms with Crippen LogP contribution in [-0.2, 0) is 14.3 Å². The van der Waals surface area contributed by atoms with E-state index in [0.717, 1.165) is 38.5 Å². The average molecular weight is 459 g/mol. The Morgan fingerprint density at radius 1 is 0.656 bits per heavy atom. The van der Waals surface area contributed by atoms with Crippen molar-refractivity contribution in [2.24, 2.45) is 0 Å². The number of ether oxygens (including phenoxy) is 1. The predicted molar refractivity (Wildman–Crippen MR) is 140 cm³/mol. The number of carboxylic acid groups (broad SMARTS) is 1. The fourth-order valence-corrected chi connectivity index (χ4v) is 4.10. The molecule has 0 aromatic carbocycles. The topological polar surface area (TPSA) is 63.6 Å². The van der Waals surface area contributed by atoms with Crippen molar-refractivity contribution in [1.82, 2.24) is 0 Å². The van der Waals surface area contributed by atoms with Crippen LogP contribution in [0.3, 0.4) is 0 Å². The second-order valence-electron chi connectivity index (χ2n) is 9.30. The second-order valence-corrected chi connectivity index (χ2v) is 9.30. The van der Waals surface area contributed by atoms with Crippen molar-refractivity contribution >= 4 is 60.4 Å². The molecule has 0 bridgehead atoms. The SMILES string of the molecule is CCCCCCCCCCCCC(C)(CCCCCCCCC)OC(=O)CC(=O)O.[LiH].[NaH]. The Hall–Kier alpha value is 0.537. The van der Waals surface area contributed by atoms with Gasteiger partial charge in [0.2, 0.25) is 0 Å². The van der Waals surface area contributed by atoms with Gasteiger partial charge >= 0.3 is 60.4 Å². The number of hydrogen-bond donors (Lipinski definition) is 1. The second kappa shape index (κ2) is 26.1. The third kappa shape index (κ3) is 25.2. The minimum absolute atomic E-state index is 0. The average Bonchev–Trinajstić information content (AvgIpc) is 2.68. The van der Waals surface area contributed by atoms with Gasteiger partial charge in [0, 0.05) is 0 Å². The van der Waals surface area contributed by atoms with Crippen molar-refractivity contribution in [1.29, 1.82) is 0 Å². The molecule has 0 spiro atoms. The Balaban J connectivity index is -0.00000420. The number of carbonyl (C=O) groups is 2. The van der Waals surface area contributed by atoms with Crippen LogP contribution in [0.15, 0.2) is 0 Å². The zero-order valence-corrected chi connectivity index (χ0v) is 20.3. The van der Waals surface area contributed by atoms with Crippen LogP contribution in [0.2, 0.25) is 0 Å². The molecule has 0 rings (SSSR count). The quantitative estimate of drug-likeness (QED) is 0.0828. The van der Waals surface area contributed by atoms with Gasteiger partial charge in [-0.05, 0) is 32.6 Å². The molecular weight excluding hydrogens is 406 g/mol. The summed E-state index contributed by atoms with van der Waals surface area (Å²) >= 11 is 0. The summed E-state index contributed by atoms with van der Waals surface area (Å²) in [6.45, 7) is 6.47. The van der Waals surface area contributed by atoms with Crippen LogP contribution in [0.1, 0.15) is 149 Å². The molecule has 0 aromatic rings. The van der Waals surface area contributed by atoms with Crippen molar-refractivity contribution in [2.75, 3.05) is 0 Å². The number of carboxylic acids is 1. The number of carbonyl (C=O) groups excluding carboxylic acids is 1. The molecule has 1 N–H and O–H groups in total. The molecule has 1 atom stereocenters. The number of hydrogen-bond acceptors (Lipinski definition) is 3. The predicted octanol–water partition coefficient (Wildman–Crippen LogP) is 6.92. The van der Waals surface area contributed by atoms with Gasteiger partial charge in [-0.25, -0.2) is 0 Å². The Kier molecular flexibility index (Phi) is 30.3. The minimum atomic E-state index is -1.11.